The quantitative estimate of drug-likeness (QED) is 0.887. The fourth-order valence-electron chi connectivity index (χ4n) is 3.68. The summed E-state index contributed by atoms with van der Waals surface area (Å²) in [6.45, 7) is 7.29. The third-order valence-electron chi connectivity index (χ3n) is 5.16. The molecule has 1 fully saturated rings. The Morgan fingerprint density at radius 1 is 1.31 bits per heavy atom. The number of hydrogen-bond acceptors (Lipinski definition) is 3. The molecule has 2 atom stereocenters. The highest BCUT2D eigenvalue weighted by molar-refractivity contribution is 5.85. The molecule has 142 valence electrons. The second-order valence-corrected chi connectivity index (χ2v) is 6.95. The van der Waals surface area contributed by atoms with Crippen molar-refractivity contribution >= 4 is 18.3 Å². The molecule has 2 heterocycles. The summed E-state index contributed by atoms with van der Waals surface area (Å²) in [6.07, 6.45) is 1.30. The van der Waals surface area contributed by atoms with E-state index in [4.69, 9.17) is 5.73 Å². The molecule has 2 unspecified atom stereocenters. The summed E-state index contributed by atoms with van der Waals surface area (Å²) < 4.78 is 14.9. The van der Waals surface area contributed by atoms with Gasteiger partial charge < -0.3 is 10.6 Å². The van der Waals surface area contributed by atoms with Crippen molar-refractivity contribution in [3.63, 3.8) is 0 Å². The van der Waals surface area contributed by atoms with E-state index in [1.807, 2.05) is 18.7 Å². The monoisotopic (exact) mass is 380 g/mol. The van der Waals surface area contributed by atoms with Crippen LogP contribution in [-0.4, -0.2) is 39.7 Å². The van der Waals surface area contributed by atoms with Gasteiger partial charge in [0.15, 0.2) is 0 Å². The van der Waals surface area contributed by atoms with E-state index >= 15 is 0 Å². The molecule has 1 aliphatic heterocycles. The number of benzene rings is 1. The Balaban J connectivity index is 0.00000243. The number of nitrogens with zero attached hydrogens (tertiary/aromatic N) is 3. The topological polar surface area (TPSA) is 64.2 Å². The molecule has 1 aromatic carbocycles. The SMILES string of the molecule is Cc1nn(-c2ccc(F)cc2)c(C)c1CC(=O)N1CC(CN)CC1C.Cl. The normalized spacial score (nSPS) is 19.5. The molecule has 26 heavy (non-hydrogen) atoms. The predicted octanol–water partition coefficient (Wildman–Crippen LogP) is 2.79. The van der Waals surface area contributed by atoms with E-state index in [0.717, 1.165) is 35.6 Å². The van der Waals surface area contributed by atoms with Crippen LogP contribution in [0, 0.1) is 25.6 Å². The van der Waals surface area contributed by atoms with E-state index < -0.39 is 0 Å². The minimum absolute atomic E-state index is 0. The molecule has 2 aromatic rings. The van der Waals surface area contributed by atoms with Crippen LogP contribution < -0.4 is 5.73 Å². The summed E-state index contributed by atoms with van der Waals surface area (Å²) in [5.41, 5.74) is 9.24. The van der Waals surface area contributed by atoms with Crippen LogP contribution in [0.2, 0.25) is 0 Å². The summed E-state index contributed by atoms with van der Waals surface area (Å²) in [7, 11) is 0. The van der Waals surface area contributed by atoms with Crippen molar-refractivity contribution in [2.45, 2.75) is 39.7 Å². The zero-order chi connectivity index (χ0) is 18.1. The van der Waals surface area contributed by atoms with Gasteiger partial charge in [-0.25, -0.2) is 9.07 Å². The average molecular weight is 381 g/mol. The molecule has 3 rings (SSSR count). The lowest BCUT2D eigenvalue weighted by atomic mass is 10.1. The number of rotatable bonds is 4. The Bertz CT molecular complexity index is 775. The maximum atomic E-state index is 13.1. The highest BCUT2D eigenvalue weighted by atomic mass is 35.5. The van der Waals surface area contributed by atoms with Crippen LogP contribution in [0.25, 0.3) is 5.69 Å². The van der Waals surface area contributed by atoms with Gasteiger partial charge in [-0.3, -0.25) is 4.79 Å². The van der Waals surface area contributed by atoms with Crippen LogP contribution >= 0.6 is 12.4 Å². The van der Waals surface area contributed by atoms with E-state index in [0.29, 0.717) is 18.9 Å². The van der Waals surface area contributed by atoms with Crippen LogP contribution in [0.1, 0.15) is 30.3 Å². The average Bonchev–Trinajstić information content (AvgIpc) is 3.10. The minimum Gasteiger partial charge on any atom is -0.339 e. The molecule has 0 bridgehead atoms. The van der Waals surface area contributed by atoms with E-state index in [-0.39, 0.29) is 30.2 Å². The first-order valence-corrected chi connectivity index (χ1v) is 8.71. The van der Waals surface area contributed by atoms with Crippen molar-refractivity contribution in [2.75, 3.05) is 13.1 Å². The van der Waals surface area contributed by atoms with Gasteiger partial charge in [0.25, 0.3) is 0 Å². The van der Waals surface area contributed by atoms with Gasteiger partial charge in [-0.2, -0.15) is 5.10 Å². The molecule has 0 aliphatic carbocycles. The first kappa shape index (κ1) is 20.4. The van der Waals surface area contributed by atoms with Gasteiger partial charge in [0.1, 0.15) is 5.82 Å². The number of hydrogen-bond donors (Lipinski definition) is 1. The van der Waals surface area contributed by atoms with Crippen molar-refractivity contribution in [3.05, 3.63) is 47.0 Å². The lowest BCUT2D eigenvalue weighted by molar-refractivity contribution is -0.131. The number of aryl methyl sites for hydroxylation is 1. The van der Waals surface area contributed by atoms with E-state index in [9.17, 15) is 9.18 Å². The summed E-state index contributed by atoms with van der Waals surface area (Å²) in [5, 5.41) is 4.54. The van der Waals surface area contributed by atoms with Gasteiger partial charge >= 0.3 is 0 Å². The van der Waals surface area contributed by atoms with Crippen LogP contribution in [0.4, 0.5) is 4.39 Å². The summed E-state index contributed by atoms with van der Waals surface area (Å²) in [5.74, 6) is 0.231. The molecule has 1 amide bonds. The van der Waals surface area contributed by atoms with Crippen molar-refractivity contribution in [1.29, 1.82) is 0 Å². The molecular weight excluding hydrogens is 355 g/mol. The van der Waals surface area contributed by atoms with Crippen LogP contribution in [-0.2, 0) is 11.2 Å². The second kappa shape index (κ2) is 8.18. The number of aromatic nitrogens is 2. The van der Waals surface area contributed by atoms with Crippen LogP contribution in [0.5, 0.6) is 0 Å². The van der Waals surface area contributed by atoms with Gasteiger partial charge in [-0.1, -0.05) is 0 Å². The summed E-state index contributed by atoms with van der Waals surface area (Å²) in [4.78, 5) is 14.7. The van der Waals surface area contributed by atoms with Crippen molar-refractivity contribution in [2.24, 2.45) is 11.7 Å². The maximum absolute atomic E-state index is 13.1. The molecular formula is C19H26ClFN4O. The molecule has 0 saturated carbocycles. The van der Waals surface area contributed by atoms with Crippen LogP contribution in [0.15, 0.2) is 24.3 Å². The smallest absolute Gasteiger partial charge is 0.227 e. The van der Waals surface area contributed by atoms with Gasteiger partial charge in [0.2, 0.25) is 5.91 Å². The second-order valence-electron chi connectivity index (χ2n) is 6.95. The summed E-state index contributed by atoms with van der Waals surface area (Å²) in [6, 6.07) is 6.43. The van der Waals surface area contributed by atoms with E-state index in [2.05, 4.69) is 12.0 Å². The highest BCUT2D eigenvalue weighted by Crippen LogP contribution is 2.25. The zero-order valence-electron chi connectivity index (χ0n) is 15.4. The Labute approximate surface area is 159 Å². The Kier molecular flexibility index (Phi) is 6.42. The number of amides is 1. The van der Waals surface area contributed by atoms with Gasteiger partial charge in [0, 0.05) is 23.8 Å². The molecule has 2 N–H and O–H groups in total. The van der Waals surface area contributed by atoms with Crippen molar-refractivity contribution in [3.8, 4) is 5.69 Å². The first-order chi connectivity index (χ1) is 11.9. The third-order valence-corrected chi connectivity index (χ3v) is 5.16. The standard InChI is InChI=1S/C19H25FN4O.ClH/c1-12-8-15(10-21)11-23(12)19(25)9-18-13(2)22-24(14(18)3)17-6-4-16(20)5-7-17;/h4-7,12,15H,8-11,21H2,1-3H3;1H. The molecule has 7 heteroatoms. The highest BCUT2D eigenvalue weighted by Gasteiger charge is 2.32. The number of carbonyl (C=O) groups is 1. The number of likely N-dealkylation sites (tertiary alicyclic amines) is 1. The van der Waals surface area contributed by atoms with Gasteiger partial charge in [0.05, 0.1) is 17.8 Å². The Morgan fingerprint density at radius 2 is 1.96 bits per heavy atom. The molecule has 1 aromatic heterocycles. The van der Waals surface area contributed by atoms with E-state index in [1.54, 1.807) is 16.8 Å². The largest absolute Gasteiger partial charge is 0.339 e. The molecule has 1 aliphatic rings. The van der Waals surface area contributed by atoms with Gasteiger partial charge in [-0.05, 0) is 63.9 Å². The molecule has 0 radical (unpaired) electrons. The molecule has 0 spiro atoms. The van der Waals surface area contributed by atoms with Crippen LogP contribution in [0.3, 0.4) is 0 Å². The fourth-order valence-corrected chi connectivity index (χ4v) is 3.68. The van der Waals surface area contributed by atoms with E-state index in [1.165, 1.54) is 12.1 Å². The third kappa shape index (κ3) is 3.91. The fraction of sp³-hybridized carbons (Fsp3) is 0.474. The van der Waals surface area contributed by atoms with Crippen molar-refractivity contribution in [1.82, 2.24) is 14.7 Å². The predicted molar refractivity (Wildman–Crippen MR) is 102 cm³/mol. The number of halogens is 2. The Morgan fingerprint density at radius 3 is 2.54 bits per heavy atom. The minimum atomic E-state index is -0.279. The maximum Gasteiger partial charge on any atom is 0.227 e. The number of nitrogens with two attached hydrogens (primary N) is 1. The lowest BCUT2D eigenvalue weighted by Gasteiger charge is -2.21. The Hall–Kier alpha value is -1.92. The van der Waals surface area contributed by atoms with Gasteiger partial charge in [-0.15, -0.1) is 12.4 Å². The van der Waals surface area contributed by atoms with Crippen molar-refractivity contribution < 1.29 is 9.18 Å². The zero-order valence-corrected chi connectivity index (χ0v) is 16.2. The summed E-state index contributed by atoms with van der Waals surface area (Å²) >= 11 is 0. The molecule has 1 saturated heterocycles. The first-order valence-electron chi connectivity index (χ1n) is 8.71. The lowest BCUT2D eigenvalue weighted by Crippen LogP contribution is -2.35. The molecule has 5 nitrogen and oxygen atoms in total. The number of carbonyl (C=O) groups excluding carboxylic acids is 1.